The minimum Gasteiger partial charge on any atom is -0.357 e. The first kappa shape index (κ1) is 14.2. The third-order valence-corrected chi connectivity index (χ3v) is 2.78. The molecule has 20 heavy (non-hydrogen) atoms. The van der Waals surface area contributed by atoms with Gasteiger partial charge in [0.15, 0.2) is 5.11 Å². The van der Waals surface area contributed by atoms with Crippen LogP contribution in [0.3, 0.4) is 0 Å². The molecule has 0 saturated carbocycles. The van der Waals surface area contributed by atoms with Crippen LogP contribution in [-0.2, 0) is 6.54 Å². The molecular formula is C14H13F2N3S. The molecule has 0 amide bonds. The summed E-state index contributed by atoms with van der Waals surface area (Å²) in [5.74, 6) is -0.569. The van der Waals surface area contributed by atoms with Crippen molar-refractivity contribution in [3.63, 3.8) is 0 Å². The van der Waals surface area contributed by atoms with Crippen LogP contribution in [0.15, 0.2) is 48.5 Å². The fourth-order valence-corrected chi connectivity index (χ4v) is 1.61. The Balaban J connectivity index is 1.75. The third-order valence-electron chi connectivity index (χ3n) is 2.53. The number of nitrogens with one attached hydrogen (secondary N) is 3. The molecule has 3 N–H and O–H groups in total. The first-order valence-corrected chi connectivity index (χ1v) is 6.34. The van der Waals surface area contributed by atoms with Gasteiger partial charge in [0.2, 0.25) is 0 Å². The second kappa shape index (κ2) is 6.81. The lowest BCUT2D eigenvalue weighted by atomic mass is 10.2. The average molecular weight is 293 g/mol. The molecule has 104 valence electrons. The van der Waals surface area contributed by atoms with Gasteiger partial charge in [-0.05, 0) is 54.2 Å². The molecule has 0 unspecified atom stereocenters. The van der Waals surface area contributed by atoms with Gasteiger partial charge >= 0.3 is 0 Å². The van der Waals surface area contributed by atoms with E-state index in [2.05, 4.69) is 16.2 Å². The van der Waals surface area contributed by atoms with Gasteiger partial charge in [-0.15, -0.1) is 0 Å². The Bertz CT molecular complexity index is 518. The second-order valence-corrected chi connectivity index (χ2v) is 4.47. The van der Waals surface area contributed by atoms with Crippen LogP contribution < -0.4 is 16.2 Å². The monoisotopic (exact) mass is 293 g/mol. The Hall–Kier alpha value is -2.21. The molecule has 0 aliphatic carbocycles. The van der Waals surface area contributed by atoms with Crippen LogP contribution in [-0.4, -0.2) is 5.11 Å². The Kier molecular flexibility index (Phi) is 4.84. The quantitative estimate of drug-likeness (QED) is 0.598. The molecule has 3 nitrogen and oxygen atoms in total. The van der Waals surface area contributed by atoms with Crippen LogP contribution in [0.2, 0.25) is 0 Å². The van der Waals surface area contributed by atoms with Crippen molar-refractivity contribution in [1.82, 2.24) is 10.7 Å². The minimum atomic E-state index is -0.299. The predicted octanol–water partition coefficient (Wildman–Crippen LogP) is 2.96. The summed E-state index contributed by atoms with van der Waals surface area (Å²) >= 11 is 5.07. The van der Waals surface area contributed by atoms with Gasteiger partial charge in [-0.25, -0.2) is 8.78 Å². The highest BCUT2D eigenvalue weighted by Gasteiger charge is 1.98. The van der Waals surface area contributed by atoms with Crippen molar-refractivity contribution in [2.45, 2.75) is 6.54 Å². The van der Waals surface area contributed by atoms with Gasteiger partial charge in [-0.3, -0.25) is 10.9 Å². The fourth-order valence-electron chi connectivity index (χ4n) is 1.49. The van der Waals surface area contributed by atoms with Crippen LogP contribution in [0.5, 0.6) is 0 Å². The maximum atomic E-state index is 12.7. The Morgan fingerprint density at radius 1 is 0.900 bits per heavy atom. The van der Waals surface area contributed by atoms with E-state index in [9.17, 15) is 8.78 Å². The number of hydrazine groups is 1. The lowest BCUT2D eigenvalue weighted by Gasteiger charge is -2.12. The summed E-state index contributed by atoms with van der Waals surface area (Å²) in [5, 5.41) is 3.35. The fraction of sp³-hybridized carbons (Fsp3) is 0.0714. The normalized spacial score (nSPS) is 9.90. The van der Waals surface area contributed by atoms with Crippen molar-refractivity contribution in [3.8, 4) is 0 Å². The van der Waals surface area contributed by atoms with Gasteiger partial charge in [0, 0.05) is 6.54 Å². The highest BCUT2D eigenvalue weighted by Crippen LogP contribution is 2.06. The van der Waals surface area contributed by atoms with Gasteiger partial charge in [-0.2, -0.15) is 0 Å². The summed E-state index contributed by atoms with van der Waals surface area (Å²) in [7, 11) is 0. The van der Waals surface area contributed by atoms with Crippen LogP contribution >= 0.6 is 12.2 Å². The molecule has 2 rings (SSSR count). The number of hydrogen-bond acceptors (Lipinski definition) is 2. The molecule has 0 saturated heterocycles. The maximum absolute atomic E-state index is 12.7. The molecule has 0 bridgehead atoms. The maximum Gasteiger partial charge on any atom is 0.185 e. The molecule has 6 heteroatoms. The SMILES string of the molecule is Fc1ccc(CNC(=S)NNc2ccc(F)cc2)cc1. The molecule has 0 heterocycles. The number of thiocarbonyl (C=S) groups is 1. The molecule has 0 aliphatic heterocycles. The van der Waals surface area contributed by atoms with E-state index in [0.29, 0.717) is 17.3 Å². The summed E-state index contributed by atoms with van der Waals surface area (Å²) in [6, 6.07) is 12.0. The Labute approximate surface area is 121 Å². The van der Waals surface area contributed by atoms with Crippen LogP contribution in [0.25, 0.3) is 0 Å². The van der Waals surface area contributed by atoms with E-state index < -0.39 is 0 Å². The predicted molar refractivity (Wildman–Crippen MR) is 79.0 cm³/mol. The van der Waals surface area contributed by atoms with Crippen molar-refractivity contribution >= 4 is 23.0 Å². The van der Waals surface area contributed by atoms with Gasteiger partial charge in [-0.1, -0.05) is 12.1 Å². The number of halogens is 2. The standard InChI is InChI=1S/C14H13F2N3S/c15-11-3-1-10(2-4-11)9-17-14(20)19-18-13-7-5-12(16)6-8-13/h1-8,18H,9H2,(H2,17,19,20). The van der Waals surface area contributed by atoms with E-state index in [1.807, 2.05) is 0 Å². The summed E-state index contributed by atoms with van der Waals surface area (Å²) < 4.78 is 25.4. The van der Waals surface area contributed by atoms with Gasteiger partial charge < -0.3 is 5.32 Å². The Morgan fingerprint density at radius 2 is 1.45 bits per heavy atom. The highest BCUT2D eigenvalue weighted by atomic mass is 32.1. The van der Waals surface area contributed by atoms with Crippen molar-refractivity contribution in [1.29, 1.82) is 0 Å². The molecule has 2 aromatic rings. The largest absolute Gasteiger partial charge is 0.357 e. The summed E-state index contributed by atoms with van der Waals surface area (Å²) in [6.45, 7) is 0.483. The van der Waals surface area contributed by atoms with E-state index in [1.54, 1.807) is 24.3 Å². The smallest absolute Gasteiger partial charge is 0.185 e. The summed E-state index contributed by atoms with van der Waals surface area (Å²) in [6.07, 6.45) is 0. The molecule has 0 radical (unpaired) electrons. The zero-order valence-electron chi connectivity index (χ0n) is 10.5. The van der Waals surface area contributed by atoms with E-state index in [0.717, 1.165) is 5.56 Å². The second-order valence-electron chi connectivity index (χ2n) is 4.07. The van der Waals surface area contributed by atoms with Crippen molar-refractivity contribution in [2.75, 3.05) is 5.43 Å². The summed E-state index contributed by atoms with van der Waals surface area (Å²) in [5.41, 5.74) is 7.22. The molecule has 2 aromatic carbocycles. The lowest BCUT2D eigenvalue weighted by molar-refractivity contribution is 0.626. The van der Waals surface area contributed by atoms with Crippen molar-refractivity contribution in [3.05, 3.63) is 65.7 Å². The molecule has 0 aromatic heterocycles. The lowest BCUT2D eigenvalue weighted by Crippen LogP contribution is -2.38. The molecule has 0 spiro atoms. The van der Waals surface area contributed by atoms with E-state index in [1.165, 1.54) is 24.3 Å². The zero-order chi connectivity index (χ0) is 14.4. The molecule has 0 atom stereocenters. The van der Waals surface area contributed by atoms with E-state index in [-0.39, 0.29) is 11.6 Å². The van der Waals surface area contributed by atoms with Crippen LogP contribution in [0, 0.1) is 11.6 Å². The van der Waals surface area contributed by atoms with E-state index in [4.69, 9.17) is 12.2 Å². The van der Waals surface area contributed by atoms with Crippen LogP contribution in [0.1, 0.15) is 5.56 Å². The molecule has 0 aliphatic rings. The third kappa shape index (κ3) is 4.47. The zero-order valence-corrected chi connectivity index (χ0v) is 11.3. The van der Waals surface area contributed by atoms with Crippen LogP contribution in [0.4, 0.5) is 14.5 Å². The Morgan fingerprint density at radius 3 is 2.05 bits per heavy atom. The number of anilines is 1. The van der Waals surface area contributed by atoms with E-state index >= 15 is 0 Å². The summed E-state index contributed by atoms with van der Waals surface area (Å²) in [4.78, 5) is 0. The molecular weight excluding hydrogens is 280 g/mol. The van der Waals surface area contributed by atoms with Gasteiger partial charge in [0.05, 0.1) is 5.69 Å². The van der Waals surface area contributed by atoms with Gasteiger partial charge in [0.25, 0.3) is 0 Å². The highest BCUT2D eigenvalue weighted by molar-refractivity contribution is 7.80. The molecule has 0 fully saturated rings. The minimum absolute atomic E-state index is 0.271. The first-order valence-electron chi connectivity index (χ1n) is 5.93. The number of hydrogen-bond donors (Lipinski definition) is 3. The average Bonchev–Trinajstić information content (AvgIpc) is 2.46. The van der Waals surface area contributed by atoms with Gasteiger partial charge in [0.1, 0.15) is 11.6 Å². The number of rotatable bonds is 4. The first-order chi connectivity index (χ1) is 9.63. The van der Waals surface area contributed by atoms with Crippen molar-refractivity contribution in [2.24, 2.45) is 0 Å². The topological polar surface area (TPSA) is 36.1 Å². The number of benzene rings is 2. The van der Waals surface area contributed by atoms with Crippen molar-refractivity contribution < 1.29 is 8.78 Å².